The Hall–Kier alpha value is -1.27. The van der Waals surface area contributed by atoms with Gasteiger partial charge in [0.15, 0.2) is 21.3 Å². The van der Waals surface area contributed by atoms with E-state index in [1.165, 1.54) is 0 Å². The first-order chi connectivity index (χ1) is 9.54. The van der Waals surface area contributed by atoms with Crippen LogP contribution in [-0.4, -0.2) is 33.1 Å². The molecular formula is C14H23NO4S. The Morgan fingerprint density at radius 2 is 1.90 bits per heavy atom. The maximum Gasteiger partial charge on any atom is 0.165 e. The van der Waals surface area contributed by atoms with Crippen molar-refractivity contribution >= 4 is 9.84 Å². The number of para-hydroxylation sites is 1. The quantitative estimate of drug-likeness (QED) is 0.751. The van der Waals surface area contributed by atoms with Crippen molar-refractivity contribution in [3.05, 3.63) is 23.8 Å². The van der Waals surface area contributed by atoms with Crippen LogP contribution in [0.1, 0.15) is 25.8 Å². The van der Waals surface area contributed by atoms with Gasteiger partial charge in [-0.25, -0.2) is 8.42 Å². The molecule has 0 aliphatic heterocycles. The summed E-state index contributed by atoms with van der Waals surface area (Å²) in [6.45, 7) is 4.66. The van der Waals surface area contributed by atoms with Gasteiger partial charge in [-0.2, -0.15) is 0 Å². The smallest absolute Gasteiger partial charge is 0.165 e. The molecule has 2 N–H and O–H groups in total. The van der Waals surface area contributed by atoms with E-state index < -0.39 is 9.84 Å². The topological polar surface area (TPSA) is 78.6 Å². The van der Waals surface area contributed by atoms with Crippen LogP contribution in [0.25, 0.3) is 0 Å². The van der Waals surface area contributed by atoms with E-state index in [0.717, 1.165) is 5.56 Å². The lowest BCUT2D eigenvalue weighted by Gasteiger charge is -2.15. The fourth-order valence-electron chi connectivity index (χ4n) is 1.84. The highest BCUT2D eigenvalue weighted by molar-refractivity contribution is 7.91. The van der Waals surface area contributed by atoms with Gasteiger partial charge in [0.1, 0.15) is 6.61 Å². The maximum absolute atomic E-state index is 11.6. The number of nitrogens with two attached hydrogens (primary N) is 1. The molecule has 0 radical (unpaired) electrons. The fourth-order valence-corrected chi connectivity index (χ4v) is 3.00. The van der Waals surface area contributed by atoms with E-state index in [0.29, 0.717) is 31.1 Å². The van der Waals surface area contributed by atoms with Crippen LogP contribution in [0.5, 0.6) is 11.5 Å². The lowest BCUT2D eigenvalue weighted by Crippen LogP contribution is -2.17. The number of sulfone groups is 1. The summed E-state index contributed by atoms with van der Waals surface area (Å²) in [6.07, 6.45) is 0.617. The molecule has 0 saturated carbocycles. The van der Waals surface area contributed by atoms with Crippen LogP contribution in [0.2, 0.25) is 0 Å². The number of rotatable bonds is 9. The minimum atomic E-state index is -3.04. The van der Waals surface area contributed by atoms with Crippen LogP contribution in [-0.2, 0) is 16.4 Å². The zero-order valence-electron chi connectivity index (χ0n) is 12.1. The van der Waals surface area contributed by atoms with Gasteiger partial charge in [-0.3, -0.25) is 0 Å². The average molecular weight is 301 g/mol. The van der Waals surface area contributed by atoms with Gasteiger partial charge in [0.25, 0.3) is 0 Å². The molecule has 6 heteroatoms. The van der Waals surface area contributed by atoms with Gasteiger partial charge < -0.3 is 15.2 Å². The molecule has 1 rings (SSSR count). The second kappa shape index (κ2) is 8.11. The SMILES string of the molecule is CCCS(=O)(=O)CCOc1c(CN)cccc1OCC. The summed E-state index contributed by atoms with van der Waals surface area (Å²) in [5.74, 6) is 1.34. The minimum Gasteiger partial charge on any atom is -0.490 e. The molecule has 20 heavy (non-hydrogen) atoms. The Kier molecular flexibility index (Phi) is 6.81. The second-order valence-corrected chi connectivity index (χ2v) is 6.69. The van der Waals surface area contributed by atoms with Crippen molar-refractivity contribution in [2.75, 3.05) is 24.7 Å². The molecule has 114 valence electrons. The summed E-state index contributed by atoms with van der Waals surface area (Å²) < 4.78 is 34.4. The number of benzene rings is 1. The van der Waals surface area contributed by atoms with Gasteiger partial charge in [-0.1, -0.05) is 19.1 Å². The van der Waals surface area contributed by atoms with Crippen LogP contribution in [0.4, 0.5) is 0 Å². The van der Waals surface area contributed by atoms with Crippen molar-refractivity contribution in [1.29, 1.82) is 0 Å². The van der Waals surface area contributed by atoms with E-state index in [4.69, 9.17) is 15.2 Å². The molecule has 0 bridgehead atoms. The molecule has 1 aromatic carbocycles. The van der Waals surface area contributed by atoms with Crippen molar-refractivity contribution in [3.8, 4) is 11.5 Å². The van der Waals surface area contributed by atoms with Gasteiger partial charge in [-0.15, -0.1) is 0 Å². The predicted octanol–water partition coefficient (Wildman–Crippen LogP) is 1.75. The van der Waals surface area contributed by atoms with Crippen molar-refractivity contribution in [3.63, 3.8) is 0 Å². The number of ether oxygens (including phenoxy) is 2. The molecule has 0 unspecified atom stereocenters. The Morgan fingerprint density at radius 3 is 2.50 bits per heavy atom. The van der Waals surface area contributed by atoms with Crippen molar-refractivity contribution in [1.82, 2.24) is 0 Å². The Labute approximate surface area is 121 Å². The minimum absolute atomic E-state index is 0.00527. The van der Waals surface area contributed by atoms with Crippen molar-refractivity contribution in [2.24, 2.45) is 5.73 Å². The van der Waals surface area contributed by atoms with Gasteiger partial charge in [0, 0.05) is 12.1 Å². The molecule has 0 atom stereocenters. The lowest BCUT2D eigenvalue weighted by molar-refractivity contribution is 0.286. The highest BCUT2D eigenvalue weighted by Crippen LogP contribution is 2.31. The van der Waals surface area contributed by atoms with Gasteiger partial charge in [0.05, 0.1) is 18.1 Å². The van der Waals surface area contributed by atoms with Crippen LogP contribution in [0.15, 0.2) is 18.2 Å². The molecule has 1 aromatic rings. The molecule has 0 aromatic heterocycles. The van der Waals surface area contributed by atoms with E-state index in [1.54, 1.807) is 6.07 Å². The number of hydrogen-bond donors (Lipinski definition) is 1. The predicted molar refractivity (Wildman–Crippen MR) is 79.9 cm³/mol. The first kappa shape index (κ1) is 16.8. The maximum atomic E-state index is 11.6. The summed E-state index contributed by atoms with van der Waals surface area (Å²) in [5.41, 5.74) is 6.48. The fraction of sp³-hybridized carbons (Fsp3) is 0.571. The molecular weight excluding hydrogens is 278 g/mol. The molecule has 5 nitrogen and oxygen atoms in total. The van der Waals surface area contributed by atoms with Crippen LogP contribution < -0.4 is 15.2 Å². The third-order valence-corrected chi connectivity index (χ3v) is 4.56. The molecule has 0 fully saturated rings. The van der Waals surface area contributed by atoms with Crippen LogP contribution >= 0.6 is 0 Å². The van der Waals surface area contributed by atoms with E-state index in [-0.39, 0.29) is 18.1 Å². The summed E-state index contributed by atoms with van der Waals surface area (Å²) in [5, 5.41) is 0. The summed E-state index contributed by atoms with van der Waals surface area (Å²) >= 11 is 0. The number of hydrogen-bond acceptors (Lipinski definition) is 5. The highest BCUT2D eigenvalue weighted by Gasteiger charge is 2.13. The Balaban J connectivity index is 2.75. The van der Waals surface area contributed by atoms with Gasteiger partial charge in [-0.05, 0) is 19.4 Å². The molecule has 0 heterocycles. The molecule has 0 saturated heterocycles. The molecule has 0 spiro atoms. The summed E-state index contributed by atoms with van der Waals surface area (Å²) in [4.78, 5) is 0. The van der Waals surface area contributed by atoms with E-state index >= 15 is 0 Å². The monoisotopic (exact) mass is 301 g/mol. The Bertz CT molecular complexity index is 514. The summed E-state index contributed by atoms with van der Waals surface area (Å²) in [6, 6.07) is 5.48. The highest BCUT2D eigenvalue weighted by atomic mass is 32.2. The van der Waals surface area contributed by atoms with Crippen LogP contribution in [0.3, 0.4) is 0 Å². The zero-order valence-corrected chi connectivity index (χ0v) is 12.9. The molecule has 0 aliphatic rings. The largest absolute Gasteiger partial charge is 0.490 e. The first-order valence-electron chi connectivity index (χ1n) is 6.82. The molecule has 0 aliphatic carbocycles. The summed E-state index contributed by atoms with van der Waals surface area (Å²) in [7, 11) is -3.04. The van der Waals surface area contributed by atoms with Crippen LogP contribution in [0, 0.1) is 0 Å². The third kappa shape index (κ3) is 5.02. The van der Waals surface area contributed by atoms with E-state index in [9.17, 15) is 8.42 Å². The standard InChI is InChI=1S/C14H23NO4S/c1-3-9-20(16,17)10-8-19-14-12(11-15)6-5-7-13(14)18-4-2/h5-7H,3-4,8-11,15H2,1-2H3. The Morgan fingerprint density at radius 1 is 1.15 bits per heavy atom. The molecule has 0 amide bonds. The lowest BCUT2D eigenvalue weighted by atomic mass is 10.2. The first-order valence-corrected chi connectivity index (χ1v) is 8.64. The normalized spacial score (nSPS) is 11.3. The van der Waals surface area contributed by atoms with Crippen molar-refractivity contribution in [2.45, 2.75) is 26.8 Å². The van der Waals surface area contributed by atoms with Gasteiger partial charge >= 0.3 is 0 Å². The van der Waals surface area contributed by atoms with E-state index in [1.807, 2.05) is 26.0 Å². The second-order valence-electron chi connectivity index (χ2n) is 4.38. The van der Waals surface area contributed by atoms with Gasteiger partial charge in [0.2, 0.25) is 0 Å². The van der Waals surface area contributed by atoms with E-state index in [2.05, 4.69) is 0 Å². The van der Waals surface area contributed by atoms with Crippen molar-refractivity contribution < 1.29 is 17.9 Å². The third-order valence-electron chi connectivity index (χ3n) is 2.74. The average Bonchev–Trinajstić information content (AvgIpc) is 2.40. The zero-order chi connectivity index (χ0) is 15.0.